The summed E-state index contributed by atoms with van der Waals surface area (Å²) in [7, 11) is 0. The maximum atomic E-state index is 12.7. The van der Waals surface area contributed by atoms with Gasteiger partial charge in [-0.25, -0.2) is 4.98 Å². The van der Waals surface area contributed by atoms with Crippen LogP contribution in [0.15, 0.2) is 72.9 Å². The number of anilines is 1. The highest BCUT2D eigenvalue weighted by Crippen LogP contribution is 2.22. The predicted molar refractivity (Wildman–Crippen MR) is 111 cm³/mol. The molecule has 0 aliphatic carbocycles. The summed E-state index contributed by atoms with van der Waals surface area (Å²) in [5.41, 5.74) is 2.61. The molecular formula is C23H23N3O3. The van der Waals surface area contributed by atoms with Gasteiger partial charge in [-0.1, -0.05) is 30.3 Å². The van der Waals surface area contributed by atoms with Gasteiger partial charge in [0.2, 0.25) is 5.88 Å². The number of carbonyl (C=O) groups is 1. The van der Waals surface area contributed by atoms with Gasteiger partial charge in [-0.15, -0.1) is 0 Å². The second kappa shape index (κ2) is 9.21. The molecule has 29 heavy (non-hydrogen) atoms. The molecule has 1 aliphatic heterocycles. The quantitative estimate of drug-likeness (QED) is 0.697. The molecule has 0 unspecified atom stereocenters. The first kappa shape index (κ1) is 19.0. The van der Waals surface area contributed by atoms with Gasteiger partial charge in [0.05, 0.1) is 13.2 Å². The van der Waals surface area contributed by atoms with Gasteiger partial charge < -0.3 is 19.7 Å². The number of carbonyl (C=O) groups excluding carboxylic acids is 1. The van der Waals surface area contributed by atoms with Gasteiger partial charge in [-0.05, 0) is 42.0 Å². The fourth-order valence-corrected chi connectivity index (χ4v) is 3.17. The number of hydrogen-bond donors (Lipinski definition) is 1. The molecular weight excluding hydrogens is 366 g/mol. The SMILES string of the molecule is O=C(NCc1ccc(N2CCOCC2)cc1)c1cccnc1Oc1ccccc1. The first-order valence-corrected chi connectivity index (χ1v) is 9.67. The topological polar surface area (TPSA) is 63.7 Å². The summed E-state index contributed by atoms with van der Waals surface area (Å²) in [6.07, 6.45) is 1.61. The van der Waals surface area contributed by atoms with Crippen LogP contribution in [0, 0.1) is 0 Å². The van der Waals surface area contributed by atoms with E-state index in [2.05, 4.69) is 27.3 Å². The number of nitrogens with zero attached hydrogens (tertiary/aromatic N) is 2. The fourth-order valence-electron chi connectivity index (χ4n) is 3.17. The van der Waals surface area contributed by atoms with Crippen molar-refractivity contribution in [3.05, 3.63) is 84.1 Å². The summed E-state index contributed by atoms with van der Waals surface area (Å²) in [5.74, 6) is 0.708. The van der Waals surface area contributed by atoms with Crippen LogP contribution in [0.25, 0.3) is 0 Å². The molecule has 2 heterocycles. The van der Waals surface area contributed by atoms with E-state index in [0.717, 1.165) is 31.9 Å². The molecule has 6 heteroatoms. The molecule has 0 radical (unpaired) electrons. The number of benzene rings is 2. The van der Waals surface area contributed by atoms with Crippen molar-refractivity contribution in [2.75, 3.05) is 31.2 Å². The number of amides is 1. The van der Waals surface area contributed by atoms with Crippen LogP contribution in [0.2, 0.25) is 0 Å². The first-order chi connectivity index (χ1) is 14.3. The second-order valence-electron chi connectivity index (χ2n) is 6.72. The largest absolute Gasteiger partial charge is 0.438 e. The lowest BCUT2D eigenvalue weighted by Crippen LogP contribution is -2.36. The van der Waals surface area contributed by atoms with Crippen LogP contribution < -0.4 is 15.0 Å². The molecule has 1 fully saturated rings. The first-order valence-electron chi connectivity index (χ1n) is 9.67. The van der Waals surface area contributed by atoms with Crippen molar-refractivity contribution in [2.24, 2.45) is 0 Å². The van der Waals surface area contributed by atoms with E-state index in [-0.39, 0.29) is 5.91 Å². The lowest BCUT2D eigenvalue weighted by atomic mass is 10.1. The Morgan fingerprint density at radius 2 is 1.76 bits per heavy atom. The van der Waals surface area contributed by atoms with Crippen molar-refractivity contribution in [1.82, 2.24) is 10.3 Å². The molecule has 1 saturated heterocycles. The van der Waals surface area contributed by atoms with Gasteiger partial charge in [0.15, 0.2) is 0 Å². The Hall–Kier alpha value is -3.38. The summed E-state index contributed by atoms with van der Waals surface area (Å²) < 4.78 is 11.2. The van der Waals surface area contributed by atoms with E-state index in [1.807, 2.05) is 42.5 Å². The van der Waals surface area contributed by atoms with Crippen molar-refractivity contribution in [2.45, 2.75) is 6.54 Å². The molecule has 148 valence electrons. The maximum absolute atomic E-state index is 12.7. The third-order valence-corrected chi connectivity index (χ3v) is 4.74. The normalized spacial score (nSPS) is 13.7. The third kappa shape index (κ3) is 4.92. The smallest absolute Gasteiger partial charge is 0.257 e. The Balaban J connectivity index is 1.38. The van der Waals surface area contributed by atoms with E-state index in [0.29, 0.717) is 23.7 Å². The highest BCUT2D eigenvalue weighted by atomic mass is 16.5. The minimum Gasteiger partial charge on any atom is -0.438 e. The average Bonchev–Trinajstić information content (AvgIpc) is 2.79. The van der Waals surface area contributed by atoms with Crippen molar-refractivity contribution in [3.8, 4) is 11.6 Å². The predicted octanol–water partition coefficient (Wildman–Crippen LogP) is 3.64. The molecule has 1 N–H and O–H groups in total. The molecule has 0 spiro atoms. The van der Waals surface area contributed by atoms with E-state index < -0.39 is 0 Å². The van der Waals surface area contributed by atoms with Crippen molar-refractivity contribution < 1.29 is 14.3 Å². The molecule has 2 aromatic carbocycles. The van der Waals surface area contributed by atoms with Crippen LogP contribution in [-0.4, -0.2) is 37.2 Å². The standard InChI is InChI=1S/C23H23N3O3/c27-22(21-7-4-12-24-23(21)29-20-5-2-1-3-6-20)25-17-18-8-10-19(11-9-18)26-13-15-28-16-14-26/h1-12H,13-17H2,(H,25,27). The Morgan fingerprint density at radius 3 is 2.52 bits per heavy atom. The van der Waals surface area contributed by atoms with Crippen molar-refractivity contribution in [1.29, 1.82) is 0 Å². The number of aromatic nitrogens is 1. The molecule has 4 rings (SSSR count). The minimum atomic E-state index is -0.221. The third-order valence-electron chi connectivity index (χ3n) is 4.74. The zero-order valence-electron chi connectivity index (χ0n) is 16.1. The monoisotopic (exact) mass is 389 g/mol. The van der Waals surface area contributed by atoms with Gasteiger partial charge in [-0.3, -0.25) is 4.79 Å². The van der Waals surface area contributed by atoms with Crippen LogP contribution in [-0.2, 0) is 11.3 Å². The van der Waals surface area contributed by atoms with E-state index in [9.17, 15) is 4.79 Å². The van der Waals surface area contributed by atoms with Crippen LogP contribution in [0.5, 0.6) is 11.6 Å². The van der Waals surface area contributed by atoms with E-state index in [4.69, 9.17) is 9.47 Å². The van der Waals surface area contributed by atoms with Crippen molar-refractivity contribution in [3.63, 3.8) is 0 Å². The number of ether oxygens (including phenoxy) is 2. The highest BCUT2D eigenvalue weighted by Gasteiger charge is 2.15. The van der Waals surface area contributed by atoms with E-state index >= 15 is 0 Å². The van der Waals surface area contributed by atoms with Gasteiger partial charge >= 0.3 is 0 Å². The summed E-state index contributed by atoms with van der Waals surface area (Å²) in [4.78, 5) is 19.2. The highest BCUT2D eigenvalue weighted by molar-refractivity contribution is 5.96. The summed E-state index contributed by atoms with van der Waals surface area (Å²) in [5, 5.41) is 2.95. The van der Waals surface area contributed by atoms with Crippen molar-refractivity contribution >= 4 is 11.6 Å². The Morgan fingerprint density at radius 1 is 1.00 bits per heavy atom. The molecule has 0 bridgehead atoms. The molecule has 1 aromatic heterocycles. The Bertz CT molecular complexity index is 939. The van der Waals surface area contributed by atoms with E-state index in [1.54, 1.807) is 18.3 Å². The lowest BCUT2D eigenvalue weighted by Gasteiger charge is -2.28. The van der Waals surface area contributed by atoms with Crippen LogP contribution >= 0.6 is 0 Å². The van der Waals surface area contributed by atoms with Gasteiger partial charge in [-0.2, -0.15) is 0 Å². The Kier molecular flexibility index (Phi) is 6.02. The zero-order valence-corrected chi connectivity index (χ0v) is 16.1. The van der Waals surface area contributed by atoms with Crippen LogP contribution in [0.3, 0.4) is 0 Å². The molecule has 0 atom stereocenters. The van der Waals surface area contributed by atoms with Gasteiger partial charge in [0.25, 0.3) is 5.91 Å². The van der Waals surface area contributed by atoms with E-state index in [1.165, 1.54) is 5.69 Å². The minimum absolute atomic E-state index is 0.221. The van der Waals surface area contributed by atoms with Crippen LogP contribution in [0.1, 0.15) is 15.9 Å². The van der Waals surface area contributed by atoms with Crippen LogP contribution in [0.4, 0.5) is 5.69 Å². The summed E-state index contributed by atoms with van der Waals surface area (Å²) in [6.45, 7) is 3.76. The number of rotatable bonds is 6. The average molecular weight is 389 g/mol. The summed E-state index contributed by atoms with van der Waals surface area (Å²) >= 11 is 0. The number of pyridine rings is 1. The van der Waals surface area contributed by atoms with Gasteiger partial charge in [0, 0.05) is 31.5 Å². The molecule has 1 aliphatic rings. The van der Waals surface area contributed by atoms with Gasteiger partial charge in [0.1, 0.15) is 11.3 Å². The molecule has 3 aromatic rings. The number of nitrogens with one attached hydrogen (secondary N) is 1. The number of para-hydroxylation sites is 1. The molecule has 1 amide bonds. The second-order valence-corrected chi connectivity index (χ2v) is 6.72. The Labute approximate surface area is 170 Å². The lowest BCUT2D eigenvalue weighted by molar-refractivity contribution is 0.0948. The molecule has 0 saturated carbocycles. The number of hydrogen-bond acceptors (Lipinski definition) is 5. The number of morpholine rings is 1. The zero-order chi connectivity index (χ0) is 19.9. The fraction of sp³-hybridized carbons (Fsp3) is 0.217. The maximum Gasteiger partial charge on any atom is 0.257 e. The molecule has 6 nitrogen and oxygen atoms in total. The summed E-state index contributed by atoms with van der Waals surface area (Å²) in [6, 6.07) is 21.0.